The highest BCUT2D eigenvalue weighted by molar-refractivity contribution is 5.91. The van der Waals surface area contributed by atoms with E-state index in [0.717, 1.165) is 0 Å². The van der Waals surface area contributed by atoms with Crippen LogP contribution in [0.4, 0.5) is 5.69 Å². The molecule has 1 aliphatic rings. The number of ether oxygens (including phenoxy) is 1. The Balaban J connectivity index is 1.80. The molecule has 0 saturated carbocycles. The van der Waals surface area contributed by atoms with Crippen LogP contribution in [-0.2, 0) is 16.6 Å². The Morgan fingerprint density at radius 3 is 3.05 bits per heavy atom. The summed E-state index contributed by atoms with van der Waals surface area (Å²) in [6.07, 6.45) is 2.61. The first kappa shape index (κ1) is 14.0. The van der Waals surface area contributed by atoms with E-state index in [0.29, 0.717) is 25.4 Å². The molecule has 2 rings (SSSR count). The van der Waals surface area contributed by atoms with Crippen molar-refractivity contribution in [1.82, 2.24) is 14.7 Å². The average Bonchev–Trinajstić information content (AvgIpc) is 2.87. The number of aliphatic hydroxyl groups excluding tert-OH is 1. The van der Waals surface area contributed by atoms with Gasteiger partial charge in [-0.05, 0) is 6.92 Å². The average molecular weight is 268 g/mol. The second-order valence-corrected chi connectivity index (χ2v) is 4.71. The lowest BCUT2D eigenvalue weighted by atomic mass is 10.3. The van der Waals surface area contributed by atoms with Crippen molar-refractivity contribution in [2.24, 2.45) is 7.05 Å². The molecule has 0 spiro atoms. The molecule has 1 aliphatic heterocycles. The molecule has 0 aliphatic carbocycles. The Bertz CT molecular complexity index is 434. The third-order valence-electron chi connectivity index (χ3n) is 3.05. The molecule has 0 aromatic carbocycles. The van der Waals surface area contributed by atoms with E-state index in [-0.39, 0.29) is 18.6 Å². The summed E-state index contributed by atoms with van der Waals surface area (Å²) in [6, 6.07) is 0. The van der Waals surface area contributed by atoms with Gasteiger partial charge in [-0.3, -0.25) is 14.4 Å². The minimum atomic E-state index is -0.522. The molecular weight excluding hydrogens is 248 g/mol. The van der Waals surface area contributed by atoms with Crippen LogP contribution in [0.15, 0.2) is 12.4 Å². The summed E-state index contributed by atoms with van der Waals surface area (Å²) >= 11 is 0. The number of amides is 1. The highest BCUT2D eigenvalue weighted by atomic mass is 16.5. The van der Waals surface area contributed by atoms with Crippen molar-refractivity contribution in [3.63, 3.8) is 0 Å². The van der Waals surface area contributed by atoms with Gasteiger partial charge in [0.2, 0.25) is 5.91 Å². The van der Waals surface area contributed by atoms with E-state index in [1.54, 1.807) is 24.1 Å². The zero-order chi connectivity index (χ0) is 13.8. The molecule has 7 nitrogen and oxygen atoms in total. The van der Waals surface area contributed by atoms with E-state index in [1.165, 1.54) is 0 Å². The summed E-state index contributed by atoms with van der Waals surface area (Å²) < 4.78 is 7.04. The van der Waals surface area contributed by atoms with Crippen LogP contribution in [0.5, 0.6) is 0 Å². The maximum Gasteiger partial charge on any atom is 0.238 e. The molecule has 0 bridgehead atoms. The number of nitrogens with zero attached hydrogens (tertiary/aromatic N) is 3. The van der Waals surface area contributed by atoms with E-state index in [1.807, 2.05) is 11.8 Å². The number of anilines is 1. The Morgan fingerprint density at radius 1 is 1.63 bits per heavy atom. The number of hydrogen-bond acceptors (Lipinski definition) is 5. The van der Waals surface area contributed by atoms with Gasteiger partial charge in [-0.25, -0.2) is 0 Å². The van der Waals surface area contributed by atoms with Crippen molar-refractivity contribution < 1.29 is 14.6 Å². The zero-order valence-corrected chi connectivity index (χ0v) is 11.2. The third kappa shape index (κ3) is 3.76. The number of carbonyl (C=O) groups is 1. The molecule has 19 heavy (non-hydrogen) atoms. The Morgan fingerprint density at radius 2 is 2.42 bits per heavy atom. The van der Waals surface area contributed by atoms with Crippen molar-refractivity contribution in [2.75, 3.05) is 31.6 Å². The molecule has 106 valence electrons. The molecule has 1 fully saturated rings. The monoisotopic (exact) mass is 268 g/mol. The smallest absolute Gasteiger partial charge is 0.238 e. The predicted molar refractivity (Wildman–Crippen MR) is 69.7 cm³/mol. The lowest BCUT2D eigenvalue weighted by Crippen LogP contribution is -2.32. The maximum absolute atomic E-state index is 11.8. The molecule has 0 radical (unpaired) electrons. The Labute approximate surface area is 112 Å². The summed E-state index contributed by atoms with van der Waals surface area (Å²) in [5.41, 5.74) is 0.675. The molecule has 2 N–H and O–H groups in total. The number of β-amino-alcohol motifs (C(OH)–C–C–N with tert-alkyl or cyclic N) is 1. The molecular formula is C12H20N4O3. The van der Waals surface area contributed by atoms with Gasteiger partial charge in [-0.15, -0.1) is 0 Å². The fourth-order valence-electron chi connectivity index (χ4n) is 2.23. The number of likely N-dealkylation sites (tertiary alicyclic amines) is 1. The number of hydrogen-bond donors (Lipinski definition) is 2. The van der Waals surface area contributed by atoms with Crippen molar-refractivity contribution in [3.8, 4) is 0 Å². The van der Waals surface area contributed by atoms with Gasteiger partial charge < -0.3 is 15.2 Å². The van der Waals surface area contributed by atoms with Crippen LogP contribution in [0, 0.1) is 0 Å². The maximum atomic E-state index is 11.8. The van der Waals surface area contributed by atoms with Crippen molar-refractivity contribution in [3.05, 3.63) is 12.4 Å². The number of aryl methyl sites for hydroxylation is 1. The second kappa shape index (κ2) is 6.14. The van der Waals surface area contributed by atoms with Gasteiger partial charge in [0.25, 0.3) is 0 Å². The predicted octanol–water partition coefficient (Wildman–Crippen LogP) is -0.560. The minimum Gasteiger partial charge on any atom is -0.389 e. The quantitative estimate of drug-likeness (QED) is 0.748. The molecule has 2 atom stereocenters. The van der Waals surface area contributed by atoms with Crippen LogP contribution in [0.25, 0.3) is 0 Å². The molecule has 1 amide bonds. The first-order valence-electron chi connectivity index (χ1n) is 6.39. The third-order valence-corrected chi connectivity index (χ3v) is 3.05. The molecule has 2 heterocycles. The van der Waals surface area contributed by atoms with Crippen molar-refractivity contribution in [1.29, 1.82) is 0 Å². The summed E-state index contributed by atoms with van der Waals surface area (Å²) in [7, 11) is 1.79. The zero-order valence-electron chi connectivity index (χ0n) is 11.2. The fourth-order valence-corrected chi connectivity index (χ4v) is 2.23. The molecule has 1 aromatic heterocycles. The topological polar surface area (TPSA) is 79.6 Å². The van der Waals surface area contributed by atoms with E-state index in [4.69, 9.17) is 4.74 Å². The van der Waals surface area contributed by atoms with Gasteiger partial charge in [0.05, 0.1) is 30.6 Å². The molecule has 7 heteroatoms. The van der Waals surface area contributed by atoms with Crippen LogP contribution in [0.3, 0.4) is 0 Å². The first-order chi connectivity index (χ1) is 9.08. The number of aliphatic hydroxyl groups is 1. The Kier molecular flexibility index (Phi) is 4.52. The highest BCUT2D eigenvalue weighted by Crippen LogP contribution is 2.13. The van der Waals surface area contributed by atoms with Gasteiger partial charge >= 0.3 is 0 Å². The molecule has 1 saturated heterocycles. The van der Waals surface area contributed by atoms with E-state index >= 15 is 0 Å². The second-order valence-electron chi connectivity index (χ2n) is 4.71. The number of carbonyl (C=O) groups excluding carboxylic acids is 1. The van der Waals surface area contributed by atoms with Crippen LogP contribution in [-0.4, -0.2) is 64.1 Å². The molecule has 0 unspecified atom stereocenters. The largest absolute Gasteiger partial charge is 0.389 e. The summed E-state index contributed by atoms with van der Waals surface area (Å²) in [5, 5.41) is 16.5. The van der Waals surface area contributed by atoms with Crippen LogP contribution < -0.4 is 5.32 Å². The van der Waals surface area contributed by atoms with Gasteiger partial charge in [-0.1, -0.05) is 0 Å². The van der Waals surface area contributed by atoms with Gasteiger partial charge in [-0.2, -0.15) is 5.10 Å². The van der Waals surface area contributed by atoms with E-state index in [2.05, 4.69) is 10.4 Å². The fraction of sp³-hybridized carbons (Fsp3) is 0.667. The molecule has 1 aromatic rings. The Hall–Kier alpha value is -1.44. The van der Waals surface area contributed by atoms with Crippen molar-refractivity contribution >= 4 is 11.6 Å². The minimum absolute atomic E-state index is 0.114. The lowest BCUT2D eigenvalue weighted by molar-refractivity contribution is -0.117. The highest BCUT2D eigenvalue weighted by Gasteiger charge is 2.32. The lowest BCUT2D eigenvalue weighted by Gasteiger charge is -2.14. The van der Waals surface area contributed by atoms with Crippen LogP contribution in [0.2, 0.25) is 0 Å². The van der Waals surface area contributed by atoms with Crippen molar-refractivity contribution in [2.45, 2.75) is 19.1 Å². The van der Waals surface area contributed by atoms with Crippen LogP contribution >= 0.6 is 0 Å². The summed E-state index contributed by atoms with van der Waals surface area (Å²) in [6.45, 7) is 3.75. The van der Waals surface area contributed by atoms with Gasteiger partial charge in [0.15, 0.2) is 0 Å². The SMILES string of the molecule is CCO[C@H]1CN(CC(=O)Nc2cnn(C)c2)C[C@@H]1O. The van der Waals surface area contributed by atoms with Crippen LogP contribution in [0.1, 0.15) is 6.92 Å². The standard InChI is InChI=1S/C12H20N4O3/c1-3-19-11-7-16(6-10(11)17)8-12(18)14-9-4-13-15(2)5-9/h4-5,10-11,17H,3,6-8H2,1-2H3,(H,14,18)/t10-,11-/m0/s1. The number of nitrogens with one attached hydrogen (secondary N) is 1. The summed E-state index contributed by atoms with van der Waals surface area (Å²) in [4.78, 5) is 13.7. The first-order valence-corrected chi connectivity index (χ1v) is 6.39. The van der Waals surface area contributed by atoms with Gasteiger partial charge in [0, 0.05) is 32.9 Å². The van der Waals surface area contributed by atoms with E-state index in [9.17, 15) is 9.90 Å². The number of rotatable bonds is 5. The number of aromatic nitrogens is 2. The van der Waals surface area contributed by atoms with E-state index < -0.39 is 6.10 Å². The van der Waals surface area contributed by atoms with Gasteiger partial charge in [0.1, 0.15) is 0 Å². The summed E-state index contributed by atoms with van der Waals surface area (Å²) in [5.74, 6) is -0.114. The normalized spacial score (nSPS) is 23.7.